The minimum absolute atomic E-state index is 0.00856. The molecule has 2 heterocycles. The topological polar surface area (TPSA) is 181 Å². The van der Waals surface area contributed by atoms with Crippen LogP contribution in [0.3, 0.4) is 0 Å². The van der Waals surface area contributed by atoms with E-state index < -0.39 is 94.0 Å². The standard InChI is InChI=1S/C49H53FN2O10/c1-45(2)61-42-21-38-37-12-11-32-19-33(53)13-15-46(32,3)48(37,50)40(55)22-47(38,4)49(42,62-45)41(56)26-60-44(58)35-20-34(35)43(57)59-25-27-5-8-29(9-6-27)36(23-51)39(54)18-28-7-10-31-24-52-16-14-30(31)17-28/h5-10,13-17,19,24,34-38,40,42,55H,11-12,18,20-23,25-26,51H2,1-4H3/t34?,35?,36-,37+,38+,40+,42-,46+,47+,48+,49-/m1/s1. The highest BCUT2D eigenvalue weighted by Gasteiger charge is 2.80. The monoisotopic (exact) mass is 848 g/mol. The Morgan fingerprint density at radius 3 is 2.42 bits per heavy atom. The van der Waals surface area contributed by atoms with Crippen molar-refractivity contribution in [2.75, 3.05) is 13.2 Å². The molecule has 12 nitrogen and oxygen atoms in total. The summed E-state index contributed by atoms with van der Waals surface area (Å²) in [6, 6.07) is 14.9. The number of allylic oxidation sites excluding steroid dienone is 4. The number of benzene rings is 2. The van der Waals surface area contributed by atoms with Gasteiger partial charge in [-0.3, -0.25) is 29.0 Å². The number of nitrogens with zero attached hydrogens (tertiary/aromatic N) is 1. The zero-order valence-corrected chi connectivity index (χ0v) is 35.4. The van der Waals surface area contributed by atoms with Crippen LogP contribution < -0.4 is 5.73 Å². The molecule has 1 aromatic heterocycles. The molecule has 5 fully saturated rings. The average molecular weight is 849 g/mol. The summed E-state index contributed by atoms with van der Waals surface area (Å²) in [4.78, 5) is 70.6. The molecule has 326 valence electrons. The highest BCUT2D eigenvalue weighted by molar-refractivity contribution is 6.01. The lowest BCUT2D eigenvalue weighted by Gasteiger charge is -2.62. The number of ether oxygens (including phenoxy) is 4. The van der Waals surface area contributed by atoms with Crippen molar-refractivity contribution >= 4 is 40.1 Å². The molecular formula is C49H53FN2O10. The summed E-state index contributed by atoms with van der Waals surface area (Å²) in [6.07, 6.45) is 7.13. The average Bonchev–Trinajstić information content (AvgIpc) is 3.95. The number of carbonyl (C=O) groups is 5. The van der Waals surface area contributed by atoms with Gasteiger partial charge >= 0.3 is 11.9 Å². The van der Waals surface area contributed by atoms with Crippen LogP contribution in [0.25, 0.3) is 10.8 Å². The summed E-state index contributed by atoms with van der Waals surface area (Å²) >= 11 is 0. The van der Waals surface area contributed by atoms with E-state index in [2.05, 4.69) is 4.98 Å². The van der Waals surface area contributed by atoms with Gasteiger partial charge in [0.05, 0.1) is 30.0 Å². The van der Waals surface area contributed by atoms with E-state index in [1.165, 1.54) is 12.2 Å². The molecule has 3 N–H and O–H groups in total. The van der Waals surface area contributed by atoms with Crippen molar-refractivity contribution in [3.8, 4) is 0 Å². The summed E-state index contributed by atoms with van der Waals surface area (Å²) in [7, 11) is 0. The maximum atomic E-state index is 17.8. The number of aliphatic hydroxyl groups is 1. The van der Waals surface area contributed by atoms with Gasteiger partial charge in [0, 0.05) is 47.5 Å². The largest absolute Gasteiger partial charge is 0.461 e. The number of pyridine rings is 1. The van der Waals surface area contributed by atoms with Crippen LogP contribution in [0.5, 0.6) is 0 Å². The maximum Gasteiger partial charge on any atom is 0.310 e. The SMILES string of the molecule is CC1(C)O[C@@H]2C[C@H]3[C@@H]4CCC5=CC(=O)C=C[C@]5(C)[C@@]4(F)[C@@H](O)C[C@]3(C)[C@]2(C(=O)COC(=O)C2CC2C(=O)OCc2ccc([C@@H](CN)C(=O)Cc3ccc4cnccc4c3)cc2)O1. The van der Waals surface area contributed by atoms with Gasteiger partial charge in [-0.05, 0) is 99.1 Å². The van der Waals surface area contributed by atoms with Crippen LogP contribution in [-0.2, 0) is 55.9 Å². The molecule has 13 heteroatoms. The number of carbonyl (C=O) groups excluding carboxylic acids is 5. The van der Waals surface area contributed by atoms with Crippen LogP contribution in [0.4, 0.5) is 4.39 Å². The Kier molecular flexibility index (Phi) is 10.3. The van der Waals surface area contributed by atoms with E-state index in [-0.39, 0.29) is 44.0 Å². The van der Waals surface area contributed by atoms with Crippen LogP contribution in [0.1, 0.15) is 82.4 Å². The zero-order valence-electron chi connectivity index (χ0n) is 35.4. The van der Waals surface area contributed by atoms with Crippen molar-refractivity contribution in [1.82, 2.24) is 4.98 Å². The molecule has 0 bridgehead atoms. The van der Waals surface area contributed by atoms with Crippen LogP contribution in [-0.4, -0.2) is 81.8 Å². The molecule has 2 aromatic carbocycles. The highest BCUT2D eigenvalue weighted by atomic mass is 19.1. The lowest BCUT2D eigenvalue weighted by molar-refractivity contribution is -0.246. The second kappa shape index (κ2) is 15.1. The number of nitrogens with two attached hydrogens (primary N) is 1. The minimum atomic E-state index is -2.10. The quantitative estimate of drug-likeness (QED) is 0.211. The lowest BCUT2D eigenvalue weighted by atomic mass is 9.44. The van der Waals surface area contributed by atoms with Crippen LogP contribution in [0, 0.1) is 34.5 Å². The number of halogens is 1. The summed E-state index contributed by atoms with van der Waals surface area (Å²) in [6.45, 7) is 6.43. The minimum Gasteiger partial charge on any atom is -0.461 e. The molecule has 6 aliphatic rings. The number of Topliss-reactive ketones (excluding diaryl/α,β-unsaturated/α-hetero) is 2. The molecule has 4 saturated carbocycles. The Labute approximate surface area is 359 Å². The van der Waals surface area contributed by atoms with Crippen LogP contribution in [0.15, 0.2) is 84.7 Å². The van der Waals surface area contributed by atoms with Crippen molar-refractivity contribution in [3.63, 3.8) is 0 Å². The van der Waals surface area contributed by atoms with Gasteiger partial charge in [-0.1, -0.05) is 61.0 Å². The van der Waals surface area contributed by atoms with Crippen LogP contribution >= 0.6 is 0 Å². The first-order valence-electron chi connectivity index (χ1n) is 21.6. The molecule has 62 heavy (non-hydrogen) atoms. The van der Waals surface area contributed by atoms with E-state index in [4.69, 9.17) is 24.7 Å². The van der Waals surface area contributed by atoms with E-state index in [1.807, 2.05) is 31.2 Å². The Hall–Kier alpha value is -4.95. The van der Waals surface area contributed by atoms with Crippen molar-refractivity contribution in [2.24, 2.45) is 40.2 Å². The van der Waals surface area contributed by atoms with Crippen molar-refractivity contribution < 1.29 is 52.4 Å². The fourth-order valence-electron chi connectivity index (χ4n) is 12.0. The third-order valence-electron chi connectivity index (χ3n) is 15.3. The number of aliphatic hydroxyl groups excluding tert-OH is 1. The van der Waals surface area contributed by atoms with Gasteiger partial charge in [-0.15, -0.1) is 0 Å². The van der Waals surface area contributed by atoms with Gasteiger partial charge in [-0.25, -0.2) is 4.39 Å². The second-order valence-corrected chi connectivity index (χ2v) is 19.2. The normalized spacial score (nSPS) is 35.5. The highest BCUT2D eigenvalue weighted by Crippen LogP contribution is 2.72. The first-order valence-corrected chi connectivity index (χ1v) is 21.6. The molecular weight excluding hydrogens is 796 g/mol. The summed E-state index contributed by atoms with van der Waals surface area (Å²) in [5.41, 5.74) is 3.04. The molecule has 3 aromatic rings. The van der Waals surface area contributed by atoms with Gasteiger partial charge in [0.25, 0.3) is 0 Å². The molecule has 2 unspecified atom stereocenters. The van der Waals surface area contributed by atoms with Gasteiger partial charge in [0.1, 0.15) is 12.4 Å². The molecule has 1 aliphatic heterocycles. The second-order valence-electron chi connectivity index (χ2n) is 19.2. The molecule has 5 aliphatic carbocycles. The van der Waals surface area contributed by atoms with Gasteiger partial charge in [0.15, 0.2) is 29.4 Å². The van der Waals surface area contributed by atoms with Gasteiger partial charge in [-0.2, -0.15) is 0 Å². The summed E-state index contributed by atoms with van der Waals surface area (Å²) in [5, 5.41) is 13.8. The maximum absolute atomic E-state index is 17.8. The number of ketones is 3. The third kappa shape index (κ3) is 6.60. The lowest BCUT2D eigenvalue weighted by Crippen LogP contribution is -2.70. The Morgan fingerprint density at radius 1 is 0.952 bits per heavy atom. The molecule has 0 amide bonds. The van der Waals surface area contributed by atoms with Crippen molar-refractivity contribution in [2.45, 2.75) is 108 Å². The molecule has 11 atom stereocenters. The van der Waals surface area contributed by atoms with Gasteiger partial charge < -0.3 is 29.8 Å². The number of esters is 2. The molecule has 0 radical (unpaired) electrons. The first kappa shape index (κ1) is 42.4. The number of rotatable bonds is 12. The van der Waals surface area contributed by atoms with Crippen LogP contribution in [0.2, 0.25) is 0 Å². The molecule has 0 spiro atoms. The summed E-state index contributed by atoms with van der Waals surface area (Å²) in [5.74, 6) is -6.32. The zero-order chi connectivity index (χ0) is 44.0. The van der Waals surface area contributed by atoms with E-state index in [9.17, 15) is 29.1 Å². The first-order chi connectivity index (χ1) is 29.4. The van der Waals surface area contributed by atoms with Gasteiger partial charge in [0.2, 0.25) is 5.78 Å². The molecule has 1 saturated heterocycles. The van der Waals surface area contributed by atoms with E-state index in [1.54, 1.807) is 63.5 Å². The Morgan fingerprint density at radius 2 is 1.68 bits per heavy atom. The predicted octanol–water partition coefficient (Wildman–Crippen LogP) is 5.75. The number of aromatic nitrogens is 1. The Bertz CT molecular complexity index is 2430. The number of hydrogen-bond acceptors (Lipinski definition) is 12. The predicted molar refractivity (Wildman–Crippen MR) is 223 cm³/mol. The Balaban J connectivity index is 0.807. The number of hydrogen-bond donors (Lipinski definition) is 2. The van der Waals surface area contributed by atoms with Crippen molar-refractivity contribution in [3.05, 3.63) is 101 Å². The third-order valence-corrected chi connectivity index (χ3v) is 15.3. The van der Waals surface area contributed by atoms with E-state index in [0.29, 0.717) is 30.4 Å². The molecule has 9 rings (SSSR count). The van der Waals surface area contributed by atoms with E-state index in [0.717, 1.165) is 21.9 Å². The summed E-state index contributed by atoms with van der Waals surface area (Å²) < 4.78 is 41.8. The number of alkyl halides is 1. The smallest absolute Gasteiger partial charge is 0.310 e. The number of fused-ring (bicyclic) bond motifs is 8. The fraction of sp³-hybridized carbons (Fsp3) is 0.510. The fourth-order valence-corrected chi connectivity index (χ4v) is 12.0. The van der Waals surface area contributed by atoms with E-state index >= 15 is 4.39 Å². The van der Waals surface area contributed by atoms with Crippen molar-refractivity contribution in [1.29, 1.82) is 0 Å².